The molecule has 1 aromatic carbocycles. The maximum Gasteiger partial charge on any atom is 0.233 e. The molecule has 37 heavy (non-hydrogen) atoms. The molecule has 0 spiro atoms. The van der Waals surface area contributed by atoms with Crippen LogP contribution in [0.1, 0.15) is 25.7 Å². The molecule has 1 aliphatic carbocycles. The summed E-state index contributed by atoms with van der Waals surface area (Å²) in [6, 6.07) is 9.57. The van der Waals surface area contributed by atoms with Gasteiger partial charge in [-0.25, -0.2) is 9.97 Å². The van der Waals surface area contributed by atoms with Crippen molar-refractivity contribution in [2.24, 2.45) is 5.92 Å². The topological polar surface area (TPSA) is 72.9 Å². The lowest BCUT2D eigenvalue weighted by Gasteiger charge is -2.36. The van der Waals surface area contributed by atoms with Gasteiger partial charge in [-0.2, -0.15) is 0 Å². The Hall–Kier alpha value is -2.23. The minimum atomic E-state index is 0.0694. The van der Waals surface area contributed by atoms with Crippen LogP contribution >= 0.6 is 35.0 Å². The summed E-state index contributed by atoms with van der Waals surface area (Å²) in [6.07, 6.45) is 4.38. The van der Waals surface area contributed by atoms with Gasteiger partial charge in [-0.05, 0) is 31.0 Å². The lowest BCUT2D eigenvalue weighted by Crippen LogP contribution is -2.50. The maximum absolute atomic E-state index is 12.9. The highest BCUT2D eigenvalue weighted by atomic mass is 35.5. The number of thioether (sulfide) groups is 1. The number of aromatic nitrogens is 2. The van der Waals surface area contributed by atoms with E-state index in [2.05, 4.69) is 19.8 Å². The van der Waals surface area contributed by atoms with Crippen LogP contribution in [0, 0.1) is 5.92 Å². The number of amides is 2. The van der Waals surface area contributed by atoms with Gasteiger partial charge in [0.05, 0.1) is 5.75 Å². The van der Waals surface area contributed by atoms with Crippen LogP contribution in [0.5, 0.6) is 0 Å². The Kier molecular flexibility index (Phi) is 8.62. The molecule has 1 aromatic heterocycles. The van der Waals surface area contributed by atoms with Gasteiger partial charge in [0.25, 0.3) is 0 Å². The Morgan fingerprint density at radius 3 is 2.24 bits per heavy atom. The normalized spacial score (nSPS) is 19.0. The SMILES string of the molecule is O=C(CSc1nc(Cl)cc(N2CCN(C(=O)C3CCCC3)CC2)n1)N1CCN(c2cccc(Cl)c2)CC1. The minimum Gasteiger partial charge on any atom is -0.368 e. The molecule has 0 bridgehead atoms. The van der Waals surface area contributed by atoms with Crippen molar-refractivity contribution in [2.45, 2.75) is 30.8 Å². The summed E-state index contributed by atoms with van der Waals surface area (Å²) in [7, 11) is 0. The molecule has 2 saturated heterocycles. The predicted molar refractivity (Wildman–Crippen MR) is 149 cm³/mol. The smallest absolute Gasteiger partial charge is 0.233 e. The summed E-state index contributed by atoms with van der Waals surface area (Å²) in [5, 5.41) is 1.57. The first-order chi connectivity index (χ1) is 18.0. The highest BCUT2D eigenvalue weighted by molar-refractivity contribution is 7.99. The van der Waals surface area contributed by atoms with Crippen LogP contribution in [0.15, 0.2) is 35.5 Å². The van der Waals surface area contributed by atoms with Crippen molar-refractivity contribution in [1.29, 1.82) is 0 Å². The molecule has 2 aromatic rings. The molecule has 0 N–H and O–H groups in total. The summed E-state index contributed by atoms with van der Waals surface area (Å²) < 4.78 is 0. The molecule has 0 unspecified atom stereocenters. The average molecular weight is 564 g/mol. The summed E-state index contributed by atoms with van der Waals surface area (Å²) >= 11 is 13.8. The van der Waals surface area contributed by atoms with E-state index in [0.717, 1.165) is 50.3 Å². The summed E-state index contributed by atoms with van der Waals surface area (Å²) in [5.74, 6) is 1.60. The highest BCUT2D eigenvalue weighted by Gasteiger charge is 2.30. The molecule has 0 atom stereocenters. The first kappa shape index (κ1) is 26.4. The van der Waals surface area contributed by atoms with Gasteiger partial charge < -0.3 is 19.6 Å². The lowest BCUT2D eigenvalue weighted by atomic mass is 10.1. The van der Waals surface area contributed by atoms with E-state index in [1.54, 1.807) is 6.07 Å². The molecule has 3 aliphatic rings. The minimum absolute atomic E-state index is 0.0694. The zero-order valence-corrected chi connectivity index (χ0v) is 23.1. The molecule has 8 nitrogen and oxygen atoms in total. The number of rotatable bonds is 6. The van der Waals surface area contributed by atoms with Gasteiger partial charge in [-0.1, -0.05) is 53.9 Å². The molecule has 198 valence electrons. The summed E-state index contributed by atoms with van der Waals surface area (Å²) in [4.78, 5) is 42.9. The van der Waals surface area contributed by atoms with Crippen LogP contribution in [0.2, 0.25) is 10.2 Å². The van der Waals surface area contributed by atoms with Crippen molar-refractivity contribution in [2.75, 3.05) is 67.9 Å². The quantitative estimate of drug-likeness (QED) is 0.298. The number of halogens is 2. The summed E-state index contributed by atoms with van der Waals surface area (Å²) in [5.41, 5.74) is 1.08. The number of hydrogen-bond donors (Lipinski definition) is 0. The number of nitrogens with zero attached hydrogens (tertiary/aromatic N) is 6. The molecular formula is C26H32Cl2N6O2S. The van der Waals surface area contributed by atoms with Gasteiger partial charge in [0.2, 0.25) is 11.8 Å². The van der Waals surface area contributed by atoms with Crippen LogP contribution in [0.4, 0.5) is 11.5 Å². The Labute approximate surface area is 232 Å². The number of hydrogen-bond acceptors (Lipinski definition) is 7. The Morgan fingerprint density at radius 2 is 1.54 bits per heavy atom. The van der Waals surface area contributed by atoms with E-state index in [-0.39, 0.29) is 17.6 Å². The standard InChI is InChI=1S/C26H32Cl2N6O2S/c27-20-6-3-7-21(16-20)31-8-12-33(13-9-31)24(35)18-37-26-29-22(28)17-23(30-26)32-10-14-34(15-11-32)25(36)19-4-1-2-5-19/h3,6-7,16-17,19H,1-2,4-5,8-15,18H2. The molecule has 3 heterocycles. The monoisotopic (exact) mass is 562 g/mol. The van der Waals surface area contributed by atoms with Gasteiger partial charge in [0, 0.05) is 75.1 Å². The van der Waals surface area contributed by atoms with Crippen molar-refractivity contribution in [3.05, 3.63) is 40.5 Å². The molecular weight excluding hydrogens is 531 g/mol. The third-order valence-corrected chi connectivity index (χ3v) is 8.67. The van der Waals surface area contributed by atoms with E-state index in [9.17, 15) is 9.59 Å². The third-order valence-electron chi connectivity index (χ3n) is 7.41. The van der Waals surface area contributed by atoms with Gasteiger partial charge in [0.15, 0.2) is 5.16 Å². The first-order valence-corrected chi connectivity index (χ1v) is 14.7. The van der Waals surface area contributed by atoms with Gasteiger partial charge in [0.1, 0.15) is 11.0 Å². The first-order valence-electron chi connectivity index (χ1n) is 13.0. The molecule has 1 saturated carbocycles. The van der Waals surface area contributed by atoms with Crippen molar-refractivity contribution in [3.63, 3.8) is 0 Å². The Balaban J connectivity index is 1.11. The van der Waals surface area contributed by atoms with Gasteiger partial charge >= 0.3 is 0 Å². The van der Waals surface area contributed by atoms with Gasteiger partial charge in [-0.15, -0.1) is 0 Å². The largest absolute Gasteiger partial charge is 0.368 e. The number of anilines is 2. The van der Waals surface area contributed by atoms with Crippen molar-refractivity contribution >= 4 is 58.3 Å². The van der Waals surface area contributed by atoms with Crippen LogP contribution in [0.25, 0.3) is 0 Å². The van der Waals surface area contributed by atoms with E-state index >= 15 is 0 Å². The number of carbonyl (C=O) groups is 2. The van der Waals surface area contributed by atoms with E-state index < -0.39 is 0 Å². The fraction of sp³-hybridized carbons (Fsp3) is 0.538. The second-order valence-corrected chi connectivity index (χ2v) is 11.5. The van der Waals surface area contributed by atoms with E-state index in [0.29, 0.717) is 60.5 Å². The van der Waals surface area contributed by atoms with Crippen LogP contribution in [-0.4, -0.2) is 89.7 Å². The number of benzene rings is 1. The second-order valence-electron chi connectivity index (χ2n) is 9.76. The Morgan fingerprint density at radius 1 is 0.865 bits per heavy atom. The highest BCUT2D eigenvalue weighted by Crippen LogP contribution is 2.28. The maximum atomic E-state index is 12.9. The molecule has 2 aliphatic heterocycles. The predicted octanol–water partition coefficient (Wildman–Crippen LogP) is 4.06. The Bertz CT molecular complexity index is 1120. The van der Waals surface area contributed by atoms with Gasteiger partial charge in [-0.3, -0.25) is 9.59 Å². The zero-order chi connectivity index (χ0) is 25.8. The van der Waals surface area contributed by atoms with Crippen LogP contribution < -0.4 is 9.80 Å². The van der Waals surface area contributed by atoms with Crippen LogP contribution in [0.3, 0.4) is 0 Å². The molecule has 5 rings (SSSR count). The van der Waals surface area contributed by atoms with Crippen molar-refractivity contribution in [1.82, 2.24) is 19.8 Å². The molecule has 2 amide bonds. The van der Waals surface area contributed by atoms with Crippen LogP contribution in [-0.2, 0) is 9.59 Å². The second kappa shape index (κ2) is 12.1. The lowest BCUT2D eigenvalue weighted by molar-refractivity contribution is -0.135. The van der Waals surface area contributed by atoms with Crippen molar-refractivity contribution in [3.8, 4) is 0 Å². The summed E-state index contributed by atoms with van der Waals surface area (Å²) in [6.45, 7) is 5.68. The average Bonchev–Trinajstić information content (AvgIpc) is 3.46. The molecule has 0 radical (unpaired) electrons. The van der Waals surface area contributed by atoms with Crippen molar-refractivity contribution < 1.29 is 9.59 Å². The number of piperazine rings is 2. The molecule has 3 fully saturated rings. The van der Waals surface area contributed by atoms with E-state index in [1.165, 1.54) is 11.8 Å². The molecule has 11 heteroatoms. The van der Waals surface area contributed by atoms with E-state index in [4.69, 9.17) is 23.2 Å². The fourth-order valence-electron chi connectivity index (χ4n) is 5.30. The number of carbonyl (C=O) groups excluding carboxylic acids is 2. The fourth-order valence-corrected chi connectivity index (χ4v) is 6.47. The zero-order valence-electron chi connectivity index (χ0n) is 20.8. The third kappa shape index (κ3) is 6.62. The van der Waals surface area contributed by atoms with E-state index in [1.807, 2.05) is 34.1 Å².